The Morgan fingerprint density at radius 3 is 2.67 bits per heavy atom. The molecule has 0 aliphatic carbocycles. The maximum Gasteiger partial charge on any atom is 0.433 e. The summed E-state index contributed by atoms with van der Waals surface area (Å²) in [7, 11) is 1.64. The van der Waals surface area contributed by atoms with Crippen molar-refractivity contribution in [3.63, 3.8) is 0 Å². The Bertz CT molecular complexity index is 488. The summed E-state index contributed by atoms with van der Waals surface area (Å²) in [6.07, 6.45) is -0.937. The van der Waals surface area contributed by atoms with E-state index in [9.17, 15) is 18.0 Å². The Balaban J connectivity index is 2.06. The molecule has 1 amide bonds. The highest BCUT2D eigenvalue weighted by Gasteiger charge is 2.32. The Labute approximate surface area is 120 Å². The number of methoxy groups -OCH3 is 1. The maximum absolute atomic E-state index is 12.4. The number of amides is 1. The molecule has 0 spiro atoms. The normalized spacial score (nSPS) is 20.2. The van der Waals surface area contributed by atoms with Crippen LogP contribution in [0.3, 0.4) is 0 Å². The smallest absolute Gasteiger partial charge is 0.381 e. The number of carbonyl (C=O) groups excluding carboxylic acids is 1. The van der Waals surface area contributed by atoms with Crippen LogP contribution in [0.5, 0.6) is 0 Å². The van der Waals surface area contributed by atoms with E-state index < -0.39 is 11.9 Å². The molecule has 1 aromatic heterocycles. The van der Waals surface area contributed by atoms with Gasteiger partial charge in [0.25, 0.3) is 5.91 Å². The fourth-order valence-electron chi connectivity index (χ4n) is 2.38. The zero-order chi connectivity index (χ0) is 15.5. The quantitative estimate of drug-likeness (QED) is 0.843. The van der Waals surface area contributed by atoms with E-state index in [0.29, 0.717) is 13.1 Å². The molecular formula is C14H17F3N2O2. The number of hydrogen-bond donors (Lipinski definition) is 0. The molecule has 1 aliphatic rings. The summed E-state index contributed by atoms with van der Waals surface area (Å²) in [5.41, 5.74) is -0.812. The van der Waals surface area contributed by atoms with Gasteiger partial charge in [-0.05, 0) is 31.4 Å². The van der Waals surface area contributed by atoms with Crippen LogP contribution in [0, 0.1) is 0 Å². The molecule has 2 rings (SSSR count). The van der Waals surface area contributed by atoms with Crippen LogP contribution in [0.15, 0.2) is 18.3 Å². The zero-order valence-corrected chi connectivity index (χ0v) is 11.7. The Morgan fingerprint density at radius 2 is 2.10 bits per heavy atom. The van der Waals surface area contributed by atoms with Gasteiger partial charge in [-0.1, -0.05) is 0 Å². The largest absolute Gasteiger partial charge is 0.433 e. The van der Waals surface area contributed by atoms with E-state index in [2.05, 4.69) is 4.98 Å². The lowest BCUT2D eigenvalue weighted by Gasteiger charge is -2.20. The second-order valence-corrected chi connectivity index (χ2v) is 5.01. The van der Waals surface area contributed by atoms with Crippen LogP contribution in [0.1, 0.15) is 35.3 Å². The SMILES string of the molecule is COC1CCCN(C(=O)c2ccc(C(F)(F)F)nc2)CC1. The van der Waals surface area contributed by atoms with Crippen molar-refractivity contribution in [1.29, 1.82) is 0 Å². The van der Waals surface area contributed by atoms with Crippen molar-refractivity contribution >= 4 is 5.91 Å². The second-order valence-electron chi connectivity index (χ2n) is 5.01. The first-order chi connectivity index (χ1) is 9.91. The van der Waals surface area contributed by atoms with Crippen LogP contribution in [0.4, 0.5) is 13.2 Å². The average molecular weight is 302 g/mol. The van der Waals surface area contributed by atoms with Crippen molar-refractivity contribution in [2.24, 2.45) is 0 Å². The van der Waals surface area contributed by atoms with Crippen molar-refractivity contribution in [2.75, 3.05) is 20.2 Å². The molecule has 1 unspecified atom stereocenters. The predicted octanol–water partition coefficient (Wildman–Crippen LogP) is 2.74. The Morgan fingerprint density at radius 1 is 1.33 bits per heavy atom. The number of ether oxygens (including phenoxy) is 1. The van der Waals surface area contributed by atoms with Gasteiger partial charge in [-0.15, -0.1) is 0 Å². The van der Waals surface area contributed by atoms with Crippen LogP contribution in [-0.2, 0) is 10.9 Å². The van der Waals surface area contributed by atoms with Gasteiger partial charge in [-0.2, -0.15) is 13.2 Å². The summed E-state index contributed by atoms with van der Waals surface area (Å²) in [6, 6.07) is 2.01. The first kappa shape index (κ1) is 15.8. The van der Waals surface area contributed by atoms with E-state index in [1.165, 1.54) is 6.07 Å². The van der Waals surface area contributed by atoms with E-state index in [4.69, 9.17) is 4.74 Å². The summed E-state index contributed by atoms with van der Waals surface area (Å²) >= 11 is 0. The van der Waals surface area contributed by atoms with Crippen molar-refractivity contribution in [3.8, 4) is 0 Å². The molecule has 2 heterocycles. The number of likely N-dealkylation sites (tertiary alicyclic amines) is 1. The van der Waals surface area contributed by atoms with Crippen LogP contribution in [-0.4, -0.2) is 42.1 Å². The van der Waals surface area contributed by atoms with Crippen molar-refractivity contribution < 1.29 is 22.7 Å². The van der Waals surface area contributed by atoms with Gasteiger partial charge in [0.05, 0.1) is 11.7 Å². The topological polar surface area (TPSA) is 42.4 Å². The van der Waals surface area contributed by atoms with E-state index in [1.54, 1.807) is 12.0 Å². The highest BCUT2D eigenvalue weighted by Crippen LogP contribution is 2.27. The summed E-state index contributed by atoms with van der Waals surface area (Å²) in [4.78, 5) is 17.2. The molecule has 1 fully saturated rings. The second kappa shape index (κ2) is 6.43. The fraction of sp³-hybridized carbons (Fsp3) is 0.571. The molecular weight excluding hydrogens is 285 g/mol. The lowest BCUT2D eigenvalue weighted by Crippen LogP contribution is -2.32. The molecule has 0 bridgehead atoms. The maximum atomic E-state index is 12.4. The molecule has 0 saturated carbocycles. The molecule has 0 aromatic carbocycles. The minimum Gasteiger partial charge on any atom is -0.381 e. The first-order valence-corrected chi connectivity index (χ1v) is 6.77. The number of rotatable bonds is 2. The van der Waals surface area contributed by atoms with Gasteiger partial charge in [-0.3, -0.25) is 9.78 Å². The number of halogens is 3. The van der Waals surface area contributed by atoms with Gasteiger partial charge >= 0.3 is 6.18 Å². The first-order valence-electron chi connectivity index (χ1n) is 6.77. The minimum absolute atomic E-state index is 0.133. The molecule has 1 aliphatic heterocycles. The van der Waals surface area contributed by atoms with E-state index in [1.807, 2.05) is 0 Å². The molecule has 116 valence electrons. The highest BCUT2D eigenvalue weighted by molar-refractivity contribution is 5.93. The van der Waals surface area contributed by atoms with Crippen LogP contribution in [0.2, 0.25) is 0 Å². The summed E-state index contributed by atoms with van der Waals surface area (Å²) in [6.45, 7) is 1.12. The van der Waals surface area contributed by atoms with Gasteiger partial charge in [-0.25, -0.2) is 0 Å². The van der Waals surface area contributed by atoms with Crippen LogP contribution >= 0.6 is 0 Å². The molecule has 1 aromatic rings. The van der Waals surface area contributed by atoms with E-state index in [-0.39, 0.29) is 17.6 Å². The molecule has 21 heavy (non-hydrogen) atoms. The lowest BCUT2D eigenvalue weighted by atomic mass is 10.2. The van der Waals surface area contributed by atoms with Gasteiger partial charge in [0.2, 0.25) is 0 Å². The molecule has 0 radical (unpaired) electrons. The molecule has 1 atom stereocenters. The van der Waals surface area contributed by atoms with Gasteiger partial charge in [0.1, 0.15) is 5.69 Å². The molecule has 0 N–H and O–H groups in total. The standard InChI is InChI=1S/C14H17F3N2O2/c1-21-11-3-2-7-19(8-6-11)13(20)10-4-5-12(18-9-10)14(15,16)17/h4-5,9,11H,2-3,6-8H2,1H3. The number of aromatic nitrogens is 1. The number of carbonyl (C=O) groups is 1. The minimum atomic E-state index is -4.49. The monoisotopic (exact) mass is 302 g/mol. The molecule has 1 saturated heterocycles. The van der Waals surface area contributed by atoms with Crippen LogP contribution < -0.4 is 0 Å². The third-order valence-electron chi connectivity index (χ3n) is 3.60. The van der Waals surface area contributed by atoms with Crippen molar-refractivity contribution in [2.45, 2.75) is 31.5 Å². The van der Waals surface area contributed by atoms with Crippen LogP contribution in [0.25, 0.3) is 0 Å². The van der Waals surface area contributed by atoms with Gasteiger partial charge < -0.3 is 9.64 Å². The third kappa shape index (κ3) is 3.93. The zero-order valence-electron chi connectivity index (χ0n) is 11.7. The van der Waals surface area contributed by atoms with Crippen molar-refractivity contribution in [3.05, 3.63) is 29.6 Å². The Hall–Kier alpha value is -1.63. The van der Waals surface area contributed by atoms with Gasteiger partial charge in [0.15, 0.2) is 0 Å². The number of hydrogen-bond acceptors (Lipinski definition) is 3. The Kier molecular flexibility index (Phi) is 4.82. The number of nitrogens with zero attached hydrogens (tertiary/aromatic N) is 2. The fourth-order valence-corrected chi connectivity index (χ4v) is 2.38. The molecule has 4 nitrogen and oxygen atoms in total. The van der Waals surface area contributed by atoms with Gasteiger partial charge in [0, 0.05) is 26.4 Å². The summed E-state index contributed by atoms with van der Waals surface area (Å²) in [5.74, 6) is -0.284. The number of pyridine rings is 1. The van der Waals surface area contributed by atoms with E-state index in [0.717, 1.165) is 31.5 Å². The molecule has 7 heteroatoms. The summed E-state index contributed by atoms with van der Waals surface area (Å²) in [5, 5.41) is 0. The number of alkyl halides is 3. The predicted molar refractivity (Wildman–Crippen MR) is 69.8 cm³/mol. The average Bonchev–Trinajstić information content (AvgIpc) is 2.71. The third-order valence-corrected chi connectivity index (χ3v) is 3.60. The van der Waals surface area contributed by atoms with Crippen molar-refractivity contribution in [1.82, 2.24) is 9.88 Å². The highest BCUT2D eigenvalue weighted by atomic mass is 19.4. The lowest BCUT2D eigenvalue weighted by molar-refractivity contribution is -0.141. The van der Waals surface area contributed by atoms with E-state index >= 15 is 0 Å². The summed E-state index contributed by atoms with van der Waals surface area (Å²) < 4.78 is 42.6.